The monoisotopic (exact) mass is 368 g/mol. The number of ketones is 1. The number of Topliss-reactive ketones (excluding diaryl/α,β-unsaturated/α-hetero) is 1. The van der Waals surface area contributed by atoms with E-state index < -0.39 is 5.82 Å². The first kappa shape index (κ1) is 16.3. The van der Waals surface area contributed by atoms with E-state index >= 15 is 0 Å². The molecule has 0 spiro atoms. The van der Waals surface area contributed by atoms with Crippen molar-refractivity contribution in [3.05, 3.63) is 52.3 Å². The van der Waals surface area contributed by atoms with Gasteiger partial charge < -0.3 is 14.2 Å². The van der Waals surface area contributed by atoms with E-state index in [2.05, 4.69) is 15.9 Å². The van der Waals surface area contributed by atoms with E-state index in [0.717, 1.165) is 0 Å². The first-order valence-electron chi connectivity index (χ1n) is 6.38. The van der Waals surface area contributed by atoms with Gasteiger partial charge in [-0.2, -0.15) is 0 Å². The summed E-state index contributed by atoms with van der Waals surface area (Å²) in [5, 5.41) is 0. The molecule has 0 saturated heterocycles. The minimum atomic E-state index is -0.538. The predicted molar refractivity (Wildman–Crippen MR) is 83.5 cm³/mol. The van der Waals surface area contributed by atoms with Crippen LogP contribution in [0.3, 0.4) is 0 Å². The Balaban J connectivity index is 2.12. The van der Waals surface area contributed by atoms with Crippen LogP contribution in [-0.2, 0) is 0 Å². The maximum Gasteiger partial charge on any atom is 0.203 e. The fraction of sp³-hybridized carbons (Fsp3) is 0.188. The molecule has 0 aromatic heterocycles. The van der Waals surface area contributed by atoms with Crippen LogP contribution in [0.5, 0.6) is 17.2 Å². The highest BCUT2D eigenvalue weighted by atomic mass is 79.9. The molecule has 6 heteroatoms. The summed E-state index contributed by atoms with van der Waals surface area (Å²) in [4.78, 5) is 12.2. The van der Waals surface area contributed by atoms with E-state index in [4.69, 9.17) is 14.2 Å². The van der Waals surface area contributed by atoms with Crippen LogP contribution >= 0.6 is 15.9 Å². The Morgan fingerprint density at radius 2 is 1.86 bits per heavy atom. The second kappa shape index (κ2) is 7.26. The Kier molecular flexibility index (Phi) is 5.38. The molecule has 0 amide bonds. The molecule has 0 aliphatic rings. The van der Waals surface area contributed by atoms with Gasteiger partial charge >= 0.3 is 0 Å². The number of hydrogen-bond donors (Lipinski definition) is 0. The van der Waals surface area contributed by atoms with Crippen molar-refractivity contribution < 1.29 is 23.4 Å². The fourth-order valence-corrected chi connectivity index (χ4v) is 2.18. The molecule has 0 heterocycles. The van der Waals surface area contributed by atoms with Gasteiger partial charge in [0.15, 0.2) is 18.2 Å². The molecule has 22 heavy (non-hydrogen) atoms. The highest BCUT2D eigenvalue weighted by Gasteiger charge is 2.15. The number of hydrogen-bond acceptors (Lipinski definition) is 4. The molecule has 2 rings (SSSR count). The third-order valence-corrected chi connectivity index (χ3v) is 3.46. The highest BCUT2D eigenvalue weighted by molar-refractivity contribution is 9.10. The van der Waals surface area contributed by atoms with Crippen molar-refractivity contribution in [3.8, 4) is 17.2 Å². The van der Waals surface area contributed by atoms with Crippen molar-refractivity contribution in [1.29, 1.82) is 0 Å². The molecular formula is C16H14BrFO4. The quantitative estimate of drug-likeness (QED) is 0.726. The van der Waals surface area contributed by atoms with Gasteiger partial charge in [0, 0.05) is 10.5 Å². The van der Waals surface area contributed by atoms with Crippen LogP contribution in [0.25, 0.3) is 0 Å². The van der Waals surface area contributed by atoms with E-state index in [1.54, 1.807) is 24.3 Å². The van der Waals surface area contributed by atoms with Crippen molar-refractivity contribution in [2.45, 2.75) is 0 Å². The average Bonchev–Trinajstić information content (AvgIpc) is 2.53. The van der Waals surface area contributed by atoms with Crippen molar-refractivity contribution in [1.82, 2.24) is 0 Å². The van der Waals surface area contributed by atoms with Gasteiger partial charge in [0.25, 0.3) is 0 Å². The van der Waals surface area contributed by atoms with Crippen molar-refractivity contribution in [2.75, 3.05) is 20.8 Å². The molecular weight excluding hydrogens is 355 g/mol. The lowest BCUT2D eigenvalue weighted by atomic mass is 10.1. The molecule has 0 radical (unpaired) electrons. The summed E-state index contributed by atoms with van der Waals surface area (Å²) in [6.07, 6.45) is 0. The lowest BCUT2D eigenvalue weighted by molar-refractivity contribution is 0.0915. The Hall–Kier alpha value is -2.08. The Morgan fingerprint density at radius 1 is 1.09 bits per heavy atom. The van der Waals surface area contributed by atoms with E-state index in [0.29, 0.717) is 21.5 Å². The molecule has 0 aliphatic heterocycles. The topological polar surface area (TPSA) is 44.8 Å². The van der Waals surface area contributed by atoms with E-state index in [-0.39, 0.29) is 18.1 Å². The smallest absolute Gasteiger partial charge is 0.203 e. The molecule has 2 aromatic carbocycles. The zero-order chi connectivity index (χ0) is 16.1. The maximum absolute atomic E-state index is 13.6. The SMILES string of the molecule is COc1ccc(C(=O)COc2ccc(Br)cc2F)c(OC)c1. The Bertz CT molecular complexity index is 688. The molecule has 0 atom stereocenters. The third kappa shape index (κ3) is 3.76. The first-order valence-corrected chi connectivity index (χ1v) is 7.17. The van der Waals surface area contributed by atoms with Crippen molar-refractivity contribution >= 4 is 21.7 Å². The van der Waals surface area contributed by atoms with Gasteiger partial charge in [0.1, 0.15) is 11.5 Å². The van der Waals surface area contributed by atoms with Gasteiger partial charge in [-0.1, -0.05) is 15.9 Å². The maximum atomic E-state index is 13.6. The summed E-state index contributed by atoms with van der Waals surface area (Å²) in [6, 6.07) is 9.20. The van der Waals surface area contributed by atoms with Gasteiger partial charge in [-0.25, -0.2) is 4.39 Å². The minimum Gasteiger partial charge on any atom is -0.497 e. The zero-order valence-electron chi connectivity index (χ0n) is 12.1. The third-order valence-electron chi connectivity index (χ3n) is 2.96. The summed E-state index contributed by atoms with van der Waals surface area (Å²) in [7, 11) is 2.98. The lowest BCUT2D eigenvalue weighted by Crippen LogP contribution is -2.13. The van der Waals surface area contributed by atoms with Gasteiger partial charge in [-0.3, -0.25) is 4.79 Å². The number of carbonyl (C=O) groups excluding carboxylic acids is 1. The molecule has 0 bridgehead atoms. The summed E-state index contributed by atoms with van der Waals surface area (Å²) in [6.45, 7) is -0.290. The van der Waals surface area contributed by atoms with Crippen LogP contribution in [0.2, 0.25) is 0 Å². The van der Waals surface area contributed by atoms with Gasteiger partial charge in [0.2, 0.25) is 5.78 Å². The van der Waals surface area contributed by atoms with Crippen LogP contribution in [0.4, 0.5) is 4.39 Å². The largest absolute Gasteiger partial charge is 0.497 e. The predicted octanol–water partition coefficient (Wildman–Crippen LogP) is 3.87. The fourth-order valence-electron chi connectivity index (χ4n) is 1.84. The van der Waals surface area contributed by atoms with Crippen LogP contribution in [0.1, 0.15) is 10.4 Å². The van der Waals surface area contributed by atoms with Gasteiger partial charge in [-0.15, -0.1) is 0 Å². The normalized spacial score (nSPS) is 10.2. The number of halogens is 2. The molecule has 0 unspecified atom stereocenters. The molecule has 116 valence electrons. The zero-order valence-corrected chi connectivity index (χ0v) is 13.6. The van der Waals surface area contributed by atoms with Crippen LogP contribution in [0.15, 0.2) is 40.9 Å². The van der Waals surface area contributed by atoms with E-state index in [1.165, 1.54) is 26.4 Å². The van der Waals surface area contributed by atoms with Crippen LogP contribution in [-0.4, -0.2) is 26.6 Å². The molecule has 0 fully saturated rings. The molecule has 4 nitrogen and oxygen atoms in total. The molecule has 0 saturated carbocycles. The van der Waals surface area contributed by atoms with Crippen molar-refractivity contribution in [2.24, 2.45) is 0 Å². The second-order valence-corrected chi connectivity index (χ2v) is 5.27. The number of benzene rings is 2. The summed E-state index contributed by atoms with van der Waals surface area (Å²) >= 11 is 3.15. The lowest BCUT2D eigenvalue weighted by Gasteiger charge is -2.11. The second-order valence-electron chi connectivity index (χ2n) is 4.35. The van der Waals surface area contributed by atoms with Crippen LogP contribution < -0.4 is 14.2 Å². The molecule has 2 aromatic rings. The van der Waals surface area contributed by atoms with Gasteiger partial charge in [0.05, 0.1) is 19.8 Å². The average molecular weight is 369 g/mol. The first-order chi connectivity index (χ1) is 10.5. The highest BCUT2D eigenvalue weighted by Crippen LogP contribution is 2.26. The van der Waals surface area contributed by atoms with Crippen molar-refractivity contribution in [3.63, 3.8) is 0 Å². The number of methoxy groups -OCH3 is 2. The summed E-state index contributed by atoms with van der Waals surface area (Å²) in [5.41, 5.74) is 0.348. The molecule has 0 N–H and O–H groups in total. The van der Waals surface area contributed by atoms with Gasteiger partial charge in [-0.05, 0) is 30.3 Å². The minimum absolute atomic E-state index is 0.0176. The Labute approximate surface area is 135 Å². The summed E-state index contributed by atoms with van der Waals surface area (Å²) < 4.78 is 29.7. The molecule has 0 aliphatic carbocycles. The van der Waals surface area contributed by atoms with E-state index in [9.17, 15) is 9.18 Å². The van der Waals surface area contributed by atoms with E-state index in [1.807, 2.05) is 0 Å². The summed E-state index contributed by atoms with van der Waals surface area (Å²) in [5.74, 6) is 0.118. The van der Waals surface area contributed by atoms with Crippen LogP contribution in [0, 0.1) is 5.82 Å². The number of rotatable bonds is 6. The Morgan fingerprint density at radius 3 is 2.50 bits per heavy atom. The number of ether oxygens (including phenoxy) is 3. The number of carbonyl (C=O) groups is 1. The standard InChI is InChI=1S/C16H14BrFO4/c1-20-11-4-5-12(16(8-11)21-2)14(19)9-22-15-6-3-10(17)7-13(15)18/h3-8H,9H2,1-2H3.